The maximum absolute atomic E-state index is 12.2. The highest BCUT2D eigenvalue weighted by atomic mass is 79.9. The van der Waals surface area contributed by atoms with Crippen molar-refractivity contribution in [3.63, 3.8) is 0 Å². The molecule has 0 spiro atoms. The highest BCUT2D eigenvalue weighted by molar-refractivity contribution is 9.10. The van der Waals surface area contributed by atoms with Crippen molar-refractivity contribution in [2.24, 2.45) is 5.10 Å². The summed E-state index contributed by atoms with van der Waals surface area (Å²) in [5, 5.41) is 4.14. The van der Waals surface area contributed by atoms with Gasteiger partial charge < -0.3 is 9.47 Å². The first kappa shape index (κ1) is 15.6. The van der Waals surface area contributed by atoms with E-state index >= 15 is 0 Å². The van der Waals surface area contributed by atoms with Crippen LogP contribution in [0.4, 0.5) is 0 Å². The molecule has 1 atom stereocenters. The summed E-state index contributed by atoms with van der Waals surface area (Å²) in [6.07, 6.45) is -0.722. The fraction of sp³-hybridized carbons (Fsp3) is 0.176. The van der Waals surface area contributed by atoms with Gasteiger partial charge in [-0.1, -0.05) is 46.3 Å². The van der Waals surface area contributed by atoms with Crippen molar-refractivity contribution in [2.75, 3.05) is 6.61 Å². The molecule has 0 saturated heterocycles. The van der Waals surface area contributed by atoms with E-state index in [4.69, 9.17) is 9.47 Å². The molecule has 1 unspecified atom stereocenters. The molecule has 6 heteroatoms. The Morgan fingerprint density at radius 2 is 1.87 bits per heavy atom. The van der Waals surface area contributed by atoms with E-state index in [1.807, 2.05) is 43.3 Å². The Kier molecular flexibility index (Phi) is 4.62. The minimum Gasteiger partial charge on any atom is -0.485 e. The number of halogens is 1. The van der Waals surface area contributed by atoms with Gasteiger partial charge in [-0.25, -0.2) is 5.43 Å². The van der Waals surface area contributed by atoms with Crippen LogP contribution in [0.1, 0.15) is 12.5 Å². The predicted molar refractivity (Wildman–Crippen MR) is 90.8 cm³/mol. The Labute approximate surface area is 142 Å². The number of rotatable bonds is 3. The fourth-order valence-corrected chi connectivity index (χ4v) is 2.75. The maximum Gasteiger partial charge on any atom is 0.284 e. The number of hydrazone groups is 1. The molecule has 0 aromatic heterocycles. The number of benzene rings is 2. The molecule has 0 aliphatic carbocycles. The van der Waals surface area contributed by atoms with Gasteiger partial charge in [0.05, 0.1) is 5.71 Å². The van der Waals surface area contributed by atoms with Crippen molar-refractivity contribution in [1.82, 2.24) is 5.43 Å². The molecule has 0 saturated carbocycles. The predicted octanol–water partition coefficient (Wildman–Crippen LogP) is 3.13. The lowest BCUT2D eigenvalue weighted by molar-refractivity contribution is -0.130. The zero-order valence-corrected chi connectivity index (χ0v) is 14.0. The van der Waals surface area contributed by atoms with Crippen LogP contribution in [0.25, 0.3) is 0 Å². The van der Waals surface area contributed by atoms with E-state index in [-0.39, 0.29) is 12.5 Å². The zero-order valence-electron chi connectivity index (χ0n) is 12.5. The smallest absolute Gasteiger partial charge is 0.284 e. The third-order valence-electron chi connectivity index (χ3n) is 3.40. The largest absolute Gasteiger partial charge is 0.485 e. The minimum atomic E-state index is -0.722. The number of carbonyl (C=O) groups is 1. The molecule has 3 rings (SSSR count). The van der Waals surface area contributed by atoms with Gasteiger partial charge in [0.25, 0.3) is 5.91 Å². The van der Waals surface area contributed by atoms with E-state index in [1.54, 1.807) is 12.1 Å². The van der Waals surface area contributed by atoms with Crippen LogP contribution in [-0.2, 0) is 4.79 Å². The van der Waals surface area contributed by atoms with Crippen LogP contribution in [0.3, 0.4) is 0 Å². The Bertz CT molecular complexity index is 761. The van der Waals surface area contributed by atoms with E-state index < -0.39 is 6.10 Å². The lowest BCUT2D eigenvalue weighted by Crippen LogP contribution is -2.42. The maximum atomic E-state index is 12.2. The van der Waals surface area contributed by atoms with E-state index in [9.17, 15) is 4.79 Å². The van der Waals surface area contributed by atoms with Gasteiger partial charge in [-0.2, -0.15) is 5.10 Å². The van der Waals surface area contributed by atoms with Gasteiger partial charge in [0.15, 0.2) is 11.5 Å². The van der Waals surface area contributed by atoms with Crippen LogP contribution in [-0.4, -0.2) is 24.3 Å². The molecule has 1 amide bonds. The monoisotopic (exact) mass is 374 g/mol. The Balaban J connectivity index is 1.66. The average molecular weight is 375 g/mol. The fourth-order valence-electron chi connectivity index (χ4n) is 2.17. The second kappa shape index (κ2) is 6.83. The van der Waals surface area contributed by atoms with Crippen LogP contribution in [0.5, 0.6) is 11.5 Å². The number of nitrogens with zero attached hydrogens (tertiary/aromatic N) is 1. The molecular weight excluding hydrogens is 360 g/mol. The standard InChI is InChI=1S/C17H15BrN2O3/c1-11(12-6-2-3-7-13(12)18)19-20-17(21)16-10-22-14-8-4-5-9-15(14)23-16/h2-9,16H,10H2,1H3,(H,20,21)/b19-11+. The number of hydrogen-bond acceptors (Lipinski definition) is 4. The van der Waals surface area contributed by atoms with Gasteiger partial charge in [-0.3, -0.25) is 4.79 Å². The highest BCUT2D eigenvalue weighted by Gasteiger charge is 2.27. The summed E-state index contributed by atoms with van der Waals surface area (Å²) in [6, 6.07) is 14.9. The number of fused-ring (bicyclic) bond motifs is 1. The molecule has 5 nitrogen and oxygen atoms in total. The van der Waals surface area contributed by atoms with Gasteiger partial charge in [-0.05, 0) is 25.1 Å². The third-order valence-corrected chi connectivity index (χ3v) is 4.09. The van der Waals surface area contributed by atoms with Gasteiger partial charge in [0.2, 0.25) is 6.10 Å². The summed E-state index contributed by atoms with van der Waals surface area (Å²) < 4.78 is 12.1. The second-order valence-electron chi connectivity index (χ2n) is 5.02. The molecule has 2 aromatic rings. The summed E-state index contributed by atoms with van der Waals surface area (Å²) in [7, 11) is 0. The van der Waals surface area contributed by atoms with Gasteiger partial charge >= 0.3 is 0 Å². The van der Waals surface area contributed by atoms with Crippen LogP contribution in [0.2, 0.25) is 0 Å². The molecule has 1 N–H and O–H groups in total. The van der Waals surface area contributed by atoms with E-state index in [0.717, 1.165) is 10.0 Å². The van der Waals surface area contributed by atoms with Crippen molar-refractivity contribution in [2.45, 2.75) is 13.0 Å². The van der Waals surface area contributed by atoms with E-state index in [1.165, 1.54) is 0 Å². The van der Waals surface area contributed by atoms with E-state index in [2.05, 4.69) is 26.5 Å². The number of nitrogens with one attached hydrogen (secondary N) is 1. The lowest BCUT2D eigenvalue weighted by atomic mass is 10.1. The van der Waals surface area contributed by atoms with Crippen LogP contribution in [0, 0.1) is 0 Å². The topological polar surface area (TPSA) is 59.9 Å². The highest BCUT2D eigenvalue weighted by Crippen LogP contribution is 2.30. The number of amides is 1. The molecule has 0 radical (unpaired) electrons. The number of ether oxygens (including phenoxy) is 2. The summed E-state index contributed by atoms with van der Waals surface area (Å²) in [5.41, 5.74) is 4.14. The molecule has 0 bridgehead atoms. The first-order chi connectivity index (χ1) is 11.1. The normalized spacial score (nSPS) is 16.8. The summed E-state index contributed by atoms with van der Waals surface area (Å²) in [5.74, 6) is 0.862. The molecular formula is C17H15BrN2O3. The molecule has 2 aromatic carbocycles. The zero-order chi connectivity index (χ0) is 16.2. The summed E-state index contributed by atoms with van der Waals surface area (Å²) in [6.45, 7) is 1.99. The molecule has 118 valence electrons. The number of hydrogen-bond donors (Lipinski definition) is 1. The molecule has 1 aliphatic heterocycles. The average Bonchev–Trinajstić information content (AvgIpc) is 2.59. The minimum absolute atomic E-state index is 0.159. The molecule has 0 fully saturated rings. The van der Waals surface area contributed by atoms with Crippen LogP contribution >= 0.6 is 15.9 Å². The summed E-state index contributed by atoms with van der Waals surface area (Å²) >= 11 is 3.46. The number of carbonyl (C=O) groups excluding carboxylic acids is 1. The van der Waals surface area contributed by atoms with Gasteiger partial charge in [-0.15, -0.1) is 0 Å². The van der Waals surface area contributed by atoms with Gasteiger partial charge in [0, 0.05) is 10.0 Å². The SMILES string of the molecule is C/C(=N\NC(=O)C1COc2ccccc2O1)c1ccccc1Br. The van der Waals surface area contributed by atoms with E-state index in [0.29, 0.717) is 17.2 Å². The Morgan fingerprint density at radius 1 is 1.17 bits per heavy atom. The number of para-hydroxylation sites is 2. The first-order valence-electron chi connectivity index (χ1n) is 7.12. The Hall–Kier alpha value is -2.34. The lowest BCUT2D eigenvalue weighted by Gasteiger charge is -2.24. The van der Waals surface area contributed by atoms with Crippen molar-refractivity contribution < 1.29 is 14.3 Å². The van der Waals surface area contributed by atoms with Crippen molar-refractivity contribution in [1.29, 1.82) is 0 Å². The van der Waals surface area contributed by atoms with Crippen molar-refractivity contribution in [3.8, 4) is 11.5 Å². The van der Waals surface area contributed by atoms with Crippen LogP contribution in [0.15, 0.2) is 58.1 Å². The van der Waals surface area contributed by atoms with Crippen LogP contribution < -0.4 is 14.9 Å². The molecule has 23 heavy (non-hydrogen) atoms. The van der Waals surface area contributed by atoms with Crippen molar-refractivity contribution in [3.05, 3.63) is 58.6 Å². The quantitative estimate of drug-likeness (QED) is 0.663. The van der Waals surface area contributed by atoms with Gasteiger partial charge in [0.1, 0.15) is 6.61 Å². The first-order valence-corrected chi connectivity index (χ1v) is 7.92. The second-order valence-corrected chi connectivity index (χ2v) is 5.87. The van der Waals surface area contributed by atoms with Crippen molar-refractivity contribution >= 4 is 27.5 Å². The third kappa shape index (κ3) is 3.53. The molecule has 1 aliphatic rings. The summed E-state index contributed by atoms with van der Waals surface area (Å²) in [4.78, 5) is 12.2. The Morgan fingerprint density at radius 3 is 2.65 bits per heavy atom. The molecule has 1 heterocycles.